The van der Waals surface area contributed by atoms with E-state index in [1.807, 2.05) is 0 Å². The Hall–Kier alpha value is -1.42. The second kappa shape index (κ2) is 4.89. The van der Waals surface area contributed by atoms with E-state index < -0.39 is 6.04 Å². The smallest absolute Gasteiger partial charge is 0.237 e. The molecule has 0 fully saturated rings. The molecule has 1 amide bonds. The molecule has 0 saturated carbocycles. The van der Waals surface area contributed by atoms with Crippen LogP contribution >= 0.6 is 0 Å². The average molecular weight is 210 g/mol. The van der Waals surface area contributed by atoms with E-state index in [4.69, 9.17) is 5.73 Å². The third kappa shape index (κ3) is 3.32. The number of hydrogen-bond acceptors (Lipinski definition) is 2. The van der Waals surface area contributed by atoms with E-state index in [9.17, 15) is 9.18 Å². The molecule has 0 bridgehead atoms. The van der Waals surface area contributed by atoms with Crippen molar-refractivity contribution in [1.82, 2.24) is 5.32 Å². The highest BCUT2D eigenvalue weighted by Gasteiger charge is 2.12. The van der Waals surface area contributed by atoms with Crippen molar-refractivity contribution in [3.63, 3.8) is 0 Å². The van der Waals surface area contributed by atoms with Gasteiger partial charge in [-0.05, 0) is 31.5 Å². The van der Waals surface area contributed by atoms with E-state index in [0.717, 1.165) is 5.56 Å². The molecule has 2 atom stereocenters. The van der Waals surface area contributed by atoms with Crippen molar-refractivity contribution in [3.8, 4) is 0 Å². The molecule has 1 aromatic rings. The molecule has 0 heterocycles. The minimum absolute atomic E-state index is 0.237. The van der Waals surface area contributed by atoms with Crippen molar-refractivity contribution < 1.29 is 9.18 Å². The van der Waals surface area contributed by atoms with E-state index in [1.54, 1.807) is 26.0 Å². The SMILES string of the molecule is CC(N)C(=O)N[C@@H](C)c1cccc(F)c1. The third-order valence-corrected chi connectivity index (χ3v) is 2.12. The maximum Gasteiger partial charge on any atom is 0.237 e. The molecule has 0 spiro atoms. The highest BCUT2D eigenvalue weighted by Crippen LogP contribution is 2.13. The topological polar surface area (TPSA) is 55.1 Å². The van der Waals surface area contributed by atoms with E-state index in [0.29, 0.717) is 0 Å². The molecule has 82 valence electrons. The van der Waals surface area contributed by atoms with Gasteiger partial charge in [-0.15, -0.1) is 0 Å². The number of benzene rings is 1. The molecular weight excluding hydrogens is 195 g/mol. The molecule has 1 unspecified atom stereocenters. The molecular formula is C11H15FN2O. The largest absolute Gasteiger partial charge is 0.348 e. The van der Waals surface area contributed by atoms with Gasteiger partial charge in [0.15, 0.2) is 0 Å². The molecule has 0 radical (unpaired) electrons. The third-order valence-electron chi connectivity index (χ3n) is 2.12. The van der Waals surface area contributed by atoms with E-state index in [2.05, 4.69) is 5.32 Å². The zero-order valence-electron chi connectivity index (χ0n) is 8.83. The second-order valence-corrected chi connectivity index (χ2v) is 3.57. The maximum absolute atomic E-state index is 12.9. The summed E-state index contributed by atoms with van der Waals surface area (Å²) in [4.78, 5) is 11.3. The predicted octanol–water partition coefficient (Wildman–Crippen LogP) is 1.35. The fraction of sp³-hybridized carbons (Fsp3) is 0.364. The number of carbonyl (C=O) groups excluding carboxylic acids is 1. The summed E-state index contributed by atoms with van der Waals surface area (Å²) in [7, 11) is 0. The van der Waals surface area contributed by atoms with Gasteiger partial charge in [-0.3, -0.25) is 4.79 Å². The molecule has 0 saturated heterocycles. The highest BCUT2D eigenvalue weighted by atomic mass is 19.1. The Morgan fingerprint density at radius 3 is 2.67 bits per heavy atom. The first-order valence-corrected chi connectivity index (χ1v) is 4.82. The molecule has 15 heavy (non-hydrogen) atoms. The van der Waals surface area contributed by atoms with Gasteiger partial charge in [0.1, 0.15) is 5.82 Å². The van der Waals surface area contributed by atoms with Crippen molar-refractivity contribution in [2.45, 2.75) is 25.9 Å². The summed E-state index contributed by atoms with van der Waals surface area (Å²) < 4.78 is 12.9. The quantitative estimate of drug-likeness (QED) is 0.791. The van der Waals surface area contributed by atoms with Crippen LogP contribution in [0.5, 0.6) is 0 Å². The molecule has 0 aliphatic rings. The van der Waals surface area contributed by atoms with Gasteiger partial charge < -0.3 is 11.1 Å². The lowest BCUT2D eigenvalue weighted by molar-refractivity contribution is -0.122. The standard InChI is InChI=1S/C11H15FN2O/c1-7(13)11(15)14-8(2)9-4-3-5-10(12)6-9/h3-8H,13H2,1-2H3,(H,14,15)/t7?,8-/m0/s1. The van der Waals surface area contributed by atoms with Crippen LogP contribution in [0.25, 0.3) is 0 Å². The van der Waals surface area contributed by atoms with Crippen LogP contribution in [-0.2, 0) is 4.79 Å². The molecule has 4 heteroatoms. The Balaban J connectivity index is 2.69. The second-order valence-electron chi connectivity index (χ2n) is 3.57. The number of carbonyl (C=O) groups is 1. The zero-order valence-corrected chi connectivity index (χ0v) is 8.83. The summed E-state index contributed by atoms with van der Waals surface area (Å²) in [5.74, 6) is -0.554. The Bertz CT molecular complexity index is 352. The minimum atomic E-state index is -0.555. The Kier molecular flexibility index (Phi) is 3.80. The van der Waals surface area contributed by atoms with Crippen LogP contribution in [0.2, 0.25) is 0 Å². The summed E-state index contributed by atoms with van der Waals surface area (Å²) in [5, 5.41) is 2.69. The number of nitrogens with two attached hydrogens (primary N) is 1. The van der Waals surface area contributed by atoms with Gasteiger partial charge in [0, 0.05) is 0 Å². The maximum atomic E-state index is 12.9. The summed E-state index contributed by atoms with van der Waals surface area (Å²) in [6.45, 7) is 3.39. The molecule has 1 rings (SSSR count). The molecule has 0 aliphatic carbocycles. The Morgan fingerprint density at radius 1 is 1.47 bits per heavy atom. The lowest BCUT2D eigenvalue weighted by atomic mass is 10.1. The van der Waals surface area contributed by atoms with E-state index in [-0.39, 0.29) is 17.8 Å². The van der Waals surface area contributed by atoms with Crippen LogP contribution < -0.4 is 11.1 Å². The first-order chi connectivity index (χ1) is 7.00. The number of halogens is 1. The number of amides is 1. The van der Waals surface area contributed by atoms with E-state index in [1.165, 1.54) is 12.1 Å². The predicted molar refractivity (Wildman–Crippen MR) is 56.6 cm³/mol. The minimum Gasteiger partial charge on any atom is -0.348 e. The Labute approximate surface area is 88.5 Å². The summed E-state index contributed by atoms with van der Waals surface area (Å²) in [5.41, 5.74) is 6.13. The molecule has 3 nitrogen and oxygen atoms in total. The van der Waals surface area contributed by atoms with Crippen LogP contribution in [-0.4, -0.2) is 11.9 Å². The van der Waals surface area contributed by atoms with Gasteiger partial charge in [0.05, 0.1) is 12.1 Å². The van der Waals surface area contributed by atoms with Crippen molar-refractivity contribution in [2.75, 3.05) is 0 Å². The van der Waals surface area contributed by atoms with Crippen molar-refractivity contribution in [2.24, 2.45) is 5.73 Å². The first-order valence-electron chi connectivity index (χ1n) is 4.82. The molecule has 0 aliphatic heterocycles. The number of rotatable bonds is 3. The molecule has 1 aromatic carbocycles. The van der Waals surface area contributed by atoms with Gasteiger partial charge >= 0.3 is 0 Å². The van der Waals surface area contributed by atoms with Gasteiger partial charge in [-0.1, -0.05) is 12.1 Å². The van der Waals surface area contributed by atoms with Crippen LogP contribution in [0.4, 0.5) is 4.39 Å². The lowest BCUT2D eigenvalue weighted by Crippen LogP contribution is -2.39. The first kappa shape index (κ1) is 11.7. The van der Waals surface area contributed by atoms with Crippen LogP contribution in [0.1, 0.15) is 25.5 Å². The summed E-state index contributed by atoms with van der Waals surface area (Å²) >= 11 is 0. The van der Waals surface area contributed by atoms with Gasteiger partial charge in [-0.2, -0.15) is 0 Å². The fourth-order valence-corrected chi connectivity index (χ4v) is 1.20. The van der Waals surface area contributed by atoms with Crippen molar-refractivity contribution in [3.05, 3.63) is 35.6 Å². The summed E-state index contributed by atoms with van der Waals surface area (Å²) in [6, 6.07) is 5.34. The number of hydrogen-bond donors (Lipinski definition) is 2. The average Bonchev–Trinajstić information content (AvgIpc) is 2.17. The monoisotopic (exact) mass is 210 g/mol. The number of nitrogens with one attached hydrogen (secondary N) is 1. The van der Waals surface area contributed by atoms with Gasteiger partial charge in [0.25, 0.3) is 0 Å². The van der Waals surface area contributed by atoms with Crippen molar-refractivity contribution >= 4 is 5.91 Å². The van der Waals surface area contributed by atoms with Gasteiger partial charge in [0.2, 0.25) is 5.91 Å². The van der Waals surface area contributed by atoms with Gasteiger partial charge in [-0.25, -0.2) is 4.39 Å². The summed E-state index contributed by atoms with van der Waals surface area (Å²) in [6.07, 6.45) is 0. The fourth-order valence-electron chi connectivity index (χ4n) is 1.20. The lowest BCUT2D eigenvalue weighted by Gasteiger charge is -2.15. The van der Waals surface area contributed by atoms with Crippen molar-refractivity contribution in [1.29, 1.82) is 0 Å². The molecule has 0 aromatic heterocycles. The van der Waals surface area contributed by atoms with Crippen LogP contribution in [0.3, 0.4) is 0 Å². The van der Waals surface area contributed by atoms with Crippen LogP contribution in [0, 0.1) is 5.82 Å². The Morgan fingerprint density at radius 2 is 2.13 bits per heavy atom. The molecule has 3 N–H and O–H groups in total. The normalized spacial score (nSPS) is 14.4. The van der Waals surface area contributed by atoms with Crippen LogP contribution in [0.15, 0.2) is 24.3 Å². The zero-order chi connectivity index (χ0) is 11.4. The highest BCUT2D eigenvalue weighted by molar-refractivity contribution is 5.81. The van der Waals surface area contributed by atoms with E-state index >= 15 is 0 Å².